The van der Waals surface area contributed by atoms with Gasteiger partial charge in [0.15, 0.2) is 0 Å². The molecule has 0 spiro atoms. The summed E-state index contributed by atoms with van der Waals surface area (Å²) >= 11 is 0. The van der Waals surface area contributed by atoms with Gasteiger partial charge in [0.25, 0.3) is 0 Å². The SMILES string of the molecule is O=C(NCC1CC1)[C@H]1CCCN(C2CCN(C3Cc4ccccc4C3)CC2)C1. The lowest BCUT2D eigenvalue weighted by atomic mass is 9.92. The average molecular weight is 382 g/mol. The Kier molecular flexibility index (Phi) is 5.43. The normalized spacial score (nSPS) is 27.6. The smallest absolute Gasteiger partial charge is 0.224 e. The highest BCUT2D eigenvalue weighted by atomic mass is 16.1. The van der Waals surface area contributed by atoms with Crippen LogP contribution in [0.15, 0.2) is 24.3 Å². The van der Waals surface area contributed by atoms with E-state index in [1.54, 1.807) is 11.1 Å². The summed E-state index contributed by atoms with van der Waals surface area (Å²) < 4.78 is 0. The van der Waals surface area contributed by atoms with Crippen molar-refractivity contribution in [1.29, 1.82) is 0 Å². The van der Waals surface area contributed by atoms with Gasteiger partial charge in [-0.1, -0.05) is 24.3 Å². The number of amides is 1. The third-order valence-electron chi connectivity index (χ3n) is 7.65. The largest absolute Gasteiger partial charge is 0.356 e. The maximum absolute atomic E-state index is 12.5. The minimum Gasteiger partial charge on any atom is -0.356 e. The summed E-state index contributed by atoms with van der Waals surface area (Å²) in [5.74, 6) is 1.31. The van der Waals surface area contributed by atoms with Crippen LogP contribution in [0, 0.1) is 11.8 Å². The Balaban J connectivity index is 1.10. The molecule has 4 nitrogen and oxygen atoms in total. The van der Waals surface area contributed by atoms with E-state index in [1.165, 1.54) is 64.6 Å². The van der Waals surface area contributed by atoms with Gasteiger partial charge in [-0.25, -0.2) is 0 Å². The van der Waals surface area contributed by atoms with Crippen molar-refractivity contribution >= 4 is 5.91 Å². The summed E-state index contributed by atoms with van der Waals surface area (Å²) in [4.78, 5) is 17.9. The van der Waals surface area contributed by atoms with Crippen molar-refractivity contribution in [2.75, 3.05) is 32.7 Å². The van der Waals surface area contributed by atoms with Crippen molar-refractivity contribution in [1.82, 2.24) is 15.1 Å². The predicted octanol–water partition coefficient (Wildman–Crippen LogP) is 2.86. The summed E-state index contributed by atoms with van der Waals surface area (Å²) in [6.07, 6.45) is 9.86. The first kappa shape index (κ1) is 18.6. The first-order valence-corrected chi connectivity index (χ1v) is 11.6. The van der Waals surface area contributed by atoms with Gasteiger partial charge in [-0.05, 0) is 88.0 Å². The van der Waals surface area contributed by atoms with Crippen LogP contribution in [0.2, 0.25) is 0 Å². The highest BCUT2D eigenvalue weighted by molar-refractivity contribution is 5.79. The second-order valence-corrected chi connectivity index (χ2v) is 9.62. The van der Waals surface area contributed by atoms with Gasteiger partial charge in [-0.15, -0.1) is 0 Å². The van der Waals surface area contributed by atoms with Gasteiger partial charge in [0.2, 0.25) is 5.91 Å². The Morgan fingerprint density at radius 2 is 1.61 bits per heavy atom. The molecular formula is C24H35N3O. The predicted molar refractivity (Wildman–Crippen MR) is 112 cm³/mol. The van der Waals surface area contributed by atoms with Crippen molar-refractivity contribution in [3.05, 3.63) is 35.4 Å². The number of fused-ring (bicyclic) bond motifs is 1. The molecule has 1 aromatic carbocycles. The molecule has 5 rings (SSSR count). The van der Waals surface area contributed by atoms with Crippen molar-refractivity contribution < 1.29 is 4.79 Å². The van der Waals surface area contributed by atoms with Crippen LogP contribution < -0.4 is 5.32 Å². The third-order valence-corrected chi connectivity index (χ3v) is 7.65. The van der Waals surface area contributed by atoms with Crippen molar-refractivity contribution in [2.24, 2.45) is 11.8 Å². The molecule has 2 aliphatic carbocycles. The number of hydrogen-bond donors (Lipinski definition) is 1. The zero-order chi connectivity index (χ0) is 18.9. The summed E-state index contributed by atoms with van der Waals surface area (Å²) in [5.41, 5.74) is 3.12. The maximum atomic E-state index is 12.5. The molecule has 4 heteroatoms. The number of nitrogens with one attached hydrogen (secondary N) is 1. The van der Waals surface area contributed by atoms with Crippen LogP contribution in [-0.2, 0) is 17.6 Å². The maximum Gasteiger partial charge on any atom is 0.224 e. The molecule has 2 saturated heterocycles. The molecule has 0 unspecified atom stereocenters. The number of nitrogens with zero attached hydrogens (tertiary/aromatic N) is 2. The van der Waals surface area contributed by atoms with E-state index in [9.17, 15) is 4.79 Å². The molecular weight excluding hydrogens is 346 g/mol. The highest BCUT2D eigenvalue weighted by Gasteiger charge is 2.34. The Morgan fingerprint density at radius 1 is 0.893 bits per heavy atom. The van der Waals surface area contributed by atoms with E-state index in [4.69, 9.17) is 0 Å². The van der Waals surface area contributed by atoms with Gasteiger partial charge in [0.1, 0.15) is 0 Å². The van der Waals surface area contributed by atoms with E-state index in [0.717, 1.165) is 25.4 Å². The summed E-state index contributed by atoms with van der Waals surface area (Å²) in [6, 6.07) is 10.4. The number of likely N-dealkylation sites (tertiary alicyclic amines) is 2. The Bertz CT molecular complexity index is 668. The monoisotopic (exact) mass is 381 g/mol. The zero-order valence-corrected chi connectivity index (χ0v) is 17.1. The molecule has 1 aromatic rings. The first-order chi connectivity index (χ1) is 13.8. The van der Waals surface area contributed by atoms with Crippen LogP contribution in [0.5, 0.6) is 0 Å². The molecule has 4 aliphatic rings. The molecule has 0 aromatic heterocycles. The number of hydrogen-bond acceptors (Lipinski definition) is 3. The van der Waals surface area contributed by atoms with Crippen LogP contribution in [0.25, 0.3) is 0 Å². The summed E-state index contributed by atoms with van der Waals surface area (Å²) in [6.45, 7) is 5.52. The molecule has 1 amide bonds. The second-order valence-electron chi connectivity index (χ2n) is 9.62. The summed E-state index contributed by atoms with van der Waals surface area (Å²) in [7, 11) is 0. The van der Waals surface area contributed by atoms with E-state index >= 15 is 0 Å². The van der Waals surface area contributed by atoms with Crippen LogP contribution >= 0.6 is 0 Å². The van der Waals surface area contributed by atoms with Crippen molar-refractivity contribution in [3.63, 3.8) is 0 Å². The van der Waals surface area contributed by atoms with E-state index in [1.807, 2.05) is 0 Å². The zero-order valence-electron chi connectivity index (χ0n) is 17.1. The van der Waals surface area contributed by atoms with Crippen molar-refractivity contribution in [3.8, 4) is 0 Å². The lowest BCUT2D eigenvalue weighted by Crippen LogP contribution is -2.52. The van der Waals surface area contributed by atoms with E-state index in [-0.39, 0.29) is 5.92 Å². The first-order valence-electron chi connectivity index (χ1n) is 11.6. The molecule has 2 aliphatic heterocycles. The van der Waals surface area contributed by atoms with Crippen LogP contribution in [-0.4, -0.2) is 60.5 Å². The number of piperidine rings is 2. The molecule has 0 bridgehead atoms. The van der Waals surface area contributed by atoms with E-state index < -0.39 is 0 Å². The topological polar surface area (TPSA) is 35.6 Å². The average Bonchev–Trinajstić information content (AvgIpc) is 3.48. The molecule has 2 heterocycles. The fraction of sp³-hybridized carbons (Fsp3) is 0.708. The van der Waals surface area contributed by atoms with Gasteiger partial charge >= 0.3 is 0 Å². The molecule has 1 atom stereocenters. The Hall–Kier alpha value is -1.39. The standard InChI is InChI=1S/C24H35N3O/c28-24(25-16-18-7-8-18)21-6-3-11-27(17-21)22-9-12-26(13-10-22)23-14-19-4-1-2-5-20(19)15-23/h1-2,4-5,18,21-23H,3,6-17H2,(H,25,28)/t21-/m0/s1. The molecule has 1 N–H and O–H groups in total. The van der Waals surface area contributed by atoms with Crippen LogP contribution in [0.3, 0.4) is 0 Å². The molecule has 0 radical (unpaired) electrons. The van der Waals surface area contributed by atoms with Gasteiger partial charge in [-0.2, -0.15) is 0 Å². The lowest BCUT2D eigenvalue weighted by Gasteiger charge is -2.43. The van der Waals surface area contributed by atoms with Crippen LogP contribution in [0.1, 0.15) is 49.7 Å². The number of carbonyl (C=O) groups is 1. The molecule has 152 valence electrons. The van der Waals surface area contributed by atoms with Gasteiger partial charge in [0.05, 0.1) is 5.92 Å². The lowest BCUT2D eigenvalue weighted by molar-refractivity contribution is -0.127. The Morgan fingerprint density at radius 3 is 2.29 bits per heavy atom. The van der Waals surface area contributed by atoms with Gasteiger partial charge in [0, 0.05) is 25.2 Å². The minimum absolute atomic E-state index is 0.217. The van der Waals surface area contributed by atoms with Crippen molar-refractivity contribution in [2.45, 2.75) is 63.5 Å². The van der Waals surface area contributed by atoms with Gasteiger partial charge in [-0.3, -0.25) is 14.6 Å². The third kappa shape index (κ3) is 4.13. The van der Waals surface area contributed by atoms with Gasteiger partial charge < -0.3 is 5.32 Å². The fourth-order valence-electron chi connectivity index (χ4n) is 5.67. The minimum atomic E-state index is 0.217. The molecule has 1 saturated carbocycles. The number of benzene rings is 1. The second kappa shape index (κ2) is 8.16. The summed E-state index contributed by atoms with van der Waals surface area (Å²) in [5, 5.41) is 3.22. The Labute approximate surface area is 169 Å². The highest BCUT2D eigenvalue weighted by Crippen LogP contribution is 2.30. The van der Waals surface area contributed by atoms with E-state index in [0.29, 0.717) is 18.0 Å². The number of carbonyl (C=O) groups excluding carboxylic acids is 1. The quantitative estimate of drug-likeness (QED) is 0.852. The number of rotatable bonds is 5. The molecule has 28 heavy (non-hydrogen) atoms. The van der Waals surface area contributed by atoms with E-state index in [2.05, 4.69) is 39.4 Å². The fourth-order valence-corrected chi connectivity index (χ4v) is 5.67. The molecule has 3 fully saturated rings. The van der Waals surface area contributed by atoms with Crippen LogP contribution in [0.4, 0.5) is 0 Å².